The maximum absolute atomic E-state index is 12.0. The third-order valence-electron chi connectivity index (χ3n) is 2.01. The first-order valence-electron chi connectivity index (χ1n) is 4.76. The minimum absolute atomic E-state index is 0.198. The Bertz CT molecular complexity index is 645. The van der Waals surface area contributed by atoms with Crippen molar-refractivity contribution >= 4 is 49.9 Å². The molecule has 0 saturated heterocycles. The molecule has 0 radical (unpaired) electrons. The van der Waals surface area contributed by atoms with E-state index in [0.29, 0.717) is 4.88 Å². The Morgan fingerprint density at radius 2 is 2.28 bits per heavy atom. The van der Waals surface area contributed by atoms with Gasteiger partial charge in [-0.05, 0) is 12.1 Å². The molecule has 0 bridgehead atoms. The number of aromatic nitrogens is 1. The van der Waals surface area contributed by atoms with Crippen molar-refractivity contribution in [3.63, 3.8) is 0 Å². The van der Waals surface area contributed by atoms with Crippen molar-refractivity contribution in [2.75, 3.05) is 0 Å². The number of thiazole rings is 1. The second-order valence-electron chi connectivity index (χ2n) is 3.28. The van der Waals surface area contributed by atoms with Gasteiger partial charge in [0.25, 0.3) is 0 Å². The minimum Gasteiger partial charge on any atom is -0.389 e. The van der Waals surface area contributed by atoms with Gasteiger partial charge < -0.3 is 5.73 Å². The lowest BCUT2D eigenvalue weighted by atomic mass is 10.5. The molecule has 0 aromatic carbocycles. The smallest absolute Gasteiger partial charge is 0.250 e. The molecule has 5 nitrogen and oxygen atoms in total. The summed E-state index contributed by atoms with van der Waals surface area (Å²) in [5, 5.41) is 0. The Labute approximate surface area is 118 Å². The van der Waals surface area contributed by atoms with Crippen molar-refractivity contribution in [1.29, 1.82) is 0 Å². The predicted molar refractivity (Wildman–Crippen MR) is 76.3 cm³/mol. The maximum atomic E-state index is 12.0. The number of hydrogen-bond acceptors (Lipinski definition) is 6. The second kappa shape index (κ2) is 5.41. The summed E-state index contributed by atoms with van der Waals surface area (Å²) in [7, 11) is -3.52. The zero-order valence-electron chi connectivity index (χ0n) is 8.99. The van der Waals surface area contributed by atoms with Crippen molar-refractivity contribution < 1.29 is 8.42 Å². The molecule has 9 heteroatoms. The summed E-state index contributed by atoms with van der Waals surface area (Å²) in [5.74, 6) is 0. The van der Waals surface area contributed by atoms with E-state index in [1.807, 2.05) is 0 Å². The van der Waals surface area contributed by atoms with Crippen LogP contribution in [0.25, 0.3) is 0 Å². The van der Waals surface area contributed by atoms with Gasteiger partial charge >= 0.3 is 0 Å². The zero-order chi connectivity index (χ0) is 13.2. The summed E-state index contributed by atoms with van der Waals surface area (Å²) in [4.78, 5) is 5.51. The van der Waals surface area contributed by atoms with Crippen LogP contribution in [0.3, 0.4) is 0 Å². The van der Waals surface area contributed by atoms with Gasteiger partial charge in [-0.15, -0.1) is 22.7 Å². The van der Waals surface area contributed by atoms with Gasteiger partial charge in [0.15, 0.2) is 0 Å². The summed E-state index contributed by atoms with van der Waals surface area (Å²) in [6, 6.07) is 3.10. The SMILES string of the molecule is NC(=S)c1ccc(S(=O)(=O)NCc2cncs2)s1. The van der Waals surface area contributed by atoms with Gasteiger partial charge in [-0.1, -0.05) is 12.2 Å². The highest BCUT2D eigenvalue weighted by molar-refractivity contribution is 7.91. The topological polar surface area (TPSA) is 85.1 Å². The molecule has 0 spiro atoms. The molecule has 0 aliphatic carbocycles. The second-order valence-corrected chi connectivity index (χ2v) is 7.76. The third-order valence-corrected chi connectivity index (χ3v) is 6.15. The molecule has 0 saturated carbocycles. The van der Waals surface area contributed by atoms with Crippen molar-refractivity contribution in [1.82, 2.24) is 9.71 Å². The lowest BCUT2D eigenvalue weighted by Crippen LogP contribution is -2.21. The van der Waals surface area contributed by atoms with Crippen LogP contribution in [0.4, 0.5) is 0 Å². The third kappa shape index (κ3) is 3.12. The van der Waals surface area contributed by atoms with Gasteiger partial charge in [-0.25, -0.2) is 13.1 Å². The molecule has 0 aliphatic heterocycles. The fraction of sp³-hybridized carbons (Fsp3) is 0.111. The van der Waals surface area contributed by atoms with Gasteiger partial charge in [0, 0.05) is 17.6 Å². The molecule has 18 heavy (non-hydrogen) atoms. The average molecular weight is 319 g/mol. The Hall–Kier alpha value is -0.870. The van der Waals surface area contributed by atoms with Crippen LogP contribution in [0.1, 0.15) is 9.75 Å². The van der Waals surface area contributed by atoms with E-state index in [2.05, 4.69) is 9.71 Å². The predicted octanol–water partition coefficient (Wildman–Crippen LogP) is 1.32. The van der Waals surface area contributed by atoms with E-state index in [4.69, 9.17) is 18.0 Å². The van der Waals surface area contributed by atoms with E-state index < -0.39 is 10.0 Å². The zero-order valence-corrected chi connectivity index (χ0v) is 12.3. The van der Waals surface area contributed by atoms with Crippen LogP contribution in [-0.4, -0.2) is 18.4 Å². The lowest BCUT2D eigenvalue weighted by molar-refractivity contribution is 0.584. The van der Waals surface area contributed by atoms with Crippen molar-refractivity contribution in [3.8, 4) is 0 Å². The highest BCUT2D eigenvalue weighted by atomic mass is 32.2. The number of nitrogens with one attached hydrogen (secondary N) is 1. The molecule has 0 amide bonds. The molecule has 96 valence electrons. The number of rotatable bonds is 5. The fourth-order valence-corrected chi connectivity index (χ4v) is 4.19. The fourth-order valence-electron chi connectivity index (χ4n) is 1.16. The van der Waals surface area contributed by atoms with Crippen molar-refractivity contribution in [2.24, 2.45) is 5.73 Å². The van der Waals surface area contributed by atoms with Crippen LogP contribution < -0.4 is 10.5 Å². The lowest BCUT2D eigenvalue weighted by Gasteiger charge is -2.02. The number of hydrogen-bond donors (Lipinski definition) is 2. The summed E-state index contributed by atoms with van der Waals surface area (Å²) in [6.45, 7) is 0.229. The largest absolute Gasteiger partial charge is 0.389 e. The van der Waals surface area contributed by atoms with Crippen LogP contribution in [0.15, 0.2) is 28.0 Å². The van der Waals surface area contributed by atoms with Crippen LogP contribution in [0.2, 0.25) is 0 Å². The molecule has 2 aromatic heterocycles. The van der Waals surface area contributed by atoms with Gasteiger partial charge in [-0.3, -0.25) is 4.98 Å². The van der Waals surface area contributed by atoms with E-state index >= 15 is 0 Å². The number of thiocarbonyl (C=S) groups is 1. The molecule has 0 atom stereocenters. The molecular weight excluding hydrogens is 310 g/mol. The van der Waals surface area contributed by atoms with E-state index in [1.54, 1.807) is 17.8 Å². The van der Waals surface area contributed by atoms with E-state index in [0.717, 1.165) is 16.2 Å². The summed E-state index contributed by atoms with van der Waals surface area (Å²) in [5.41, 5.74) is 7.09. The summed E-state index contributed by atoms with van der Waals surface area (Å²) >= 11 is 7.24. The summed E-state index contributed by atoms with van der Waals surface area (Å²) in [6.07, 6.45) is 1.63. The molecule has 0 fully saturated rings. The molecule has 0 aliphatic rings. The Morgan fingerprint density at radius 1 is 1.50 bits per heavy atom. The quantitative estimate of drug-likeness (QED) is 0.812. The molecule has 2 heterocycles. The van der Waals surface area contributed by atoms with Gasteiger partial charge in [0.05, 0.1) is 10.4 Å². The highest BCUT2D eigenvalue weighted by Gasteiger charge is 2.17. The van der Waals surface area contributed by atoms with Crippen molar-refractivity contribution in [3.05, 3.63) is 33.6 Å². The number of sulfonamides is 1. The Morgan fingerprint density at radius 3 is 2.83 bits per heavy atom. The highest BCUT2D eigenvalue weighted by Crippen LogP contribution is 2.21. The van der Waals surface area contributed by atoms with Crippen LogP contribution in [-0.2, 0) is 16.6 Å². The molecule has 2 aromatic rings. The van der Waals surface area contributed by atoms with E-state index in [-0.39, 0.29) is 15.7 Å². The maximum Gasteiger partial charge on any atom is 0.250 e. The molecule has 0 unspecified atom stereocenters. The summed E-state index contributed by atoms with van der Waals surface area (Å²) < 4.78 is 26.6. The van der Waals surface area contributed by atoms with Gasteiger partial charge in [0.2, 0.25) is 10.0 Å². The number of nitrogens with zero attached hydrogens (tertiary/aromatic N) is 1. The Balaban J connectivity index is 2.12. The first-order chi connectivity index (χ1) is 8.49. The van der Waals surface area contributed by atoms with Crippen molar-refractivity contribution in [2.45, 2.75) is 10.8 Å². The monoisotopic (exact) mass is 319 g/mol. The molecule has 2 rings (SSSR count). The minimum atomic E-state index is -3.52. The Kier molecular flexibility index (Phi) is 4.07. The first kappa shape index (κ1) is 13.6. The standard InChI is InChI=1S/C9H9N3O2S4/c10-9(15)7-1-2-8(17-7)18(13,14)12-4-6-3-11-5-16-6/h1-3,5,12H,4H2,(H2,10,15). The first-order valence-corrected chi connectivity index (χ1v) is 8.34. The van der Waals surface area contributed by atoms with Crippen LogP contribution in [0, 0.1) is 0 Å². The molecular formula is C9H9N3O2S4. The number of nitrogens with two attached hydrogens (primary N) is 1. The van der Waals surface area contributed by atoms with Gasteiger partial charge in [-0.2, -0.15) is 0 Å². The average Bonchev–Trinajstić information content (AvgIpc) is 2.98. The van der Waals surface area contributed by atoms with E-state index in [1.165, 1.54) is 17.4 Å². The molecule has 3 N–H and O–H groups in total. The van der Waals surface area contributed by atoms with Crippen LogP contribution in [0.5, 0.6) is 0 Å². The van der Waals surface area contributed by atoms with Gasteiger partial charge in [0.1, 0.15) is 9.20 Å². The van der Waals surface area contributed by atoms with E-state index in [9.17, 15) is 8.42 Å². The van der Waals surface area contributed by atoms with Crippen LogP contribution >= 0.6 is 34.9 Å². The normalized spacial score (nSPS) is 11.6. The number of thiophene rings is 1.